The molecule has 0 saturated carbocycles. The van der Waals surface area contributed by atoms with E-state index in [1.54, 1.807) is 0 Å². The lowest BCUT2D eigenvalue weighted by Gasteiger charge is -2.33. The summed E-state index contributed by atoms with van der Waals surface area (Å²) >= 11 is 0. The number of carbonyl (C=O) groups is 2. The minimum atomic E-state index is -7.32. The van der Waals surface area contributed by atoms with Crippen molar-refractivity contribution in [1.82, 2.24) is 0 Å². The number of rotatable bonds is 6. The zero-order chi connectivity index (χ0) is 19.8. The van der Waals surface area contributed by atoms with Gasteiger partial charge in [0.15, 0.2) is 0 Å². The highest BCUT2D eigenvalue weighted by Gasteiger charge is 2.80. The van der Waals surface area contributed by atoms with Crippen molar-refractivity contribution in [2.75, 3.05) is 6.61 Å². The van der Waals surface area contributed by atoms with Crippen LogP contribution in [0, 0.1) is 0 Å². The van der Waals surface area contributed by atoms with Crippen LogP contribution in [0.15, 0.2) is 0 Å². The number of ketones is 1. The van der Waals surface area contributed by atoms with Crippen LogP contribution in [-0.2, 0) is 19.1 Å². The highest BCUT2D eigenvalue weighted by atomic mass is 19.4. The van der Waals surface area contributed by atoms with Gasteiger partial charge in [0, 0.05) is 0 Å². The van der Waals surface area contributed by atoms with Gasteiger partial charge in [-0.3, -0.25) is 9.53 Å². The summed E-state index contributed by atoms with van der Waals surface area (Å²) in [7, 11) is 0. The average molecular weight is 386 g/mol. The van der Waals surface area contributed by atoms with Crippen LogP contribution in [0.1, 0.15) is 6.92 Å². The van der Waals surface area contributed by atoms with Gasteiger partial charge in [0.2, 0.25) is 0 Å². The van der Waals surface area contributed by atoms with Crippen LogP contribution >= 0.6 is 0 Å². The maximum absolute atomic E-state index is 13.5. The molecule has 0 fully saturated rings. The molecule has 0 rings (SSSR count). The predicted octanol–water partition coefficient (Wildman–Crippen LogP) is 3.15. The zero-order valence-electron chi connectivity index (χ0n) is 11.0. The monoisotopic (exact) mass is 386 g/mol. The third kappa shape index (κ3) is 3.87. The Morgan fingerprint density at radius 1 is 0.792 bits per heavy atom. The van der Waals surface area contributed by atoms with Gasteiger partial charge in [-0.25, -0.2) is 4.79 Å². The summed E-state index contributed by atoms with van der Waals surface area (Å²) in [5, 5.41) is 0. The number of hydrogen-bond acceptors (Lipinski definition) is 4. The summed E-state index contributed by atoms with van der Waals surface area (Å²) < 4.78 is 142. The molecule has 0 aromatic rings. The number of ether oxygens (including phenoxy) is 2. The molecular weight excluding hydrogens is 381 g/mol. The van der Waals surface area contributed by atoms with Crippen LogP contribution in [0.5, 0.6) is 0 Å². The van der Waals surface area contributed by atoms with Gasteiger partial charge in [-0.1, -0.05) is 0 Å². The molecule has 0 aromatic heterocycles. The van der Waals surface area contributed by atoms with Crippen molar-refractivity contribution in [3.8, 4) is 0 Å². The molecule has 0 aliphatic carbocycles. The number of alkyl halides is 11. The largest absolute Gasteiger partial charge is 0.462 e. The first-order chi connectivity index (χ1) is 10.3. The van der Waals surface area contributed by atoms with Crippen molar-refractivity contribution < 1.29 is 67.4 Å². The van der Waals surface area contributed by atoms with E-state index in [1.165, 1.54) is 0 Å². The molecule has 1 atom stereocenters. The molecule has 0 aliphatic heterocycles. The van der Waals surface area contributed by atoms with E-state index in [1.807, 2.05) is 4.74 Å². The second kappa shape index (κ2) is 6.33. The zero-order valence-corrected chi connectivity index (χ0v) is 11.0. The van der Waals surface area contributed by atoms with E-state index in [2.05, 4.69) is 4.74 Å². The maximum atomic E-state index is 13.5. The number of hydrogen-bond donors (Lipinski definition) is 0. The first-order valence-electron chi connectivity index (χ1n) is 5.35. The Morgan fingerprint density at radius 2 is 1.21 bits per heavy atom. The third-order valence-corrected chi connectivity index (χ3v) is 2.11. The second-order valence-electron chi connectivity index (χ2n) is 3.83. The first-order valence-corrected chi connectivity index (χ1v) is 5.35. The summed E-state index contributed by atoms with van der Waals surface area (Å²) in [6.45, 7) is -0.0143. The van der Waals surface area contributed by atoms with Crippen molar-refractivity contribution in [2.24, 2.45) is 0 Å². The Labute approximate surface area is 124 Å². The van der Waals surface area contributed by atoms with Crippen LogP contribution in [-0.4, -0.2) is 48.6 Å². The van der Waals surface area contributed by atoms with E-state index in [0.717, 1.165) is 6.92 Å². The number of carbonyl (C=O) groups excluding carboxylic acids is 2. The molecule has 0 saturated heterocycles. The summed E-state index contributed by atoms with van der Waals surface area (Å²) in [6.07, 6.45) is -21.3. The fraction of sp³-hybridized carbons (Fsp3) is 0.778. The Bertz CT molecular complexity index is 495. The first kappa shape index (κ1) is 22.3. The standard InChI is InChI=1S/C9H5F11O4/c1-2-23-4(22)3(21)5(10,7(13,14)15)24-9(19,20)6(11,12)8(16,17)18/h2H2,1H3. The maximum Gasteiger partial charge on any atom is 0.462 e. The highest BCUT2D eigenvalue weighted by Crippen LogP contribution is 2.51. The summed E-state index contributed by atoms with van der Waals surface area (Å²) in [4.78, 5) is 21.6. The van der Waals surface area contributed by atoms with E-state index in [-0.39, 0.29) is 0 Å². The van der Waals surface area contributed by atoms with Gasteiger partial charge in [0.05, 0.1) is 6.61 Å². The smallest absolute Gasteiger partial charge is 0.460 e. The average Bonchev–Trinajstić information content (AvgIpc) is 2.34. The van der Waals surface area contributed by atoms with Crippen molar-refractivity contribution in [2.45, 2.75) is 37.2 Å². The molecule has 0 amide bonds. The minimum Gasteiger partial charge on any atom is -0.460 e. The van der Waals surface area contributed by atoms with E-state index in [9.17, 15) is 57.9 Å². The van der Waals surface area contributed by atoms with Gasteiger partial charge in [0.1, 0.15) is 0 Å². The normalized spacial score (nSPS) is 16.5. The minimum absolute atomic E-state index is 0.867. The van der Waals surface area contributed by atoms with Crippen LogP contribution < -0.4 is 0 Å². The fourth-order valence-corrected chi connectivity index (χ4v) is 0.967. The van der Waals surface area contributed by atoms with Crippen molar-refractivity contribution in [3.63, 3.8) is 0 Å². The molecule has 0 radical (unpaired) electrons. The van der Waals surface area contributed by atoms with Crippen molar-refractivity contribution in [1.29, 1.82) is 0 Å². The van der Waals surface area contributed by atoms with E-state index in [4.69, 9.17) is 0 Å². The summed E-state index contributed by atoms with van der Waals surface area (Å²) in [5.41, 5.74) is 0. The predicted molar refractivity (Wildman–Crippen MR) is 48.6 cm³/mol. The summed E-state index contributed by atoms with van der Waals surface area (Å²) in [5.74, 6) is -20.2. The Kier molecular flexibility index (Phi) is 5.89. The Hall–Kier alpha value is -1.67. The SMILES string of the molecule is CCOC(=O)C(=O)C(F)(OC(F)(F)C(F)(F)C(F)(F)F)C(F)(F)F. The lowest BCUT2D eigenvalue weighted by molar-refractivity contribution is -0.472. The van der Waals surface area contributed by atoms with E-state index in [0.29, 0.717) is 0 Å². The Balaban J connectivity index is 6.00. The quantitative estimate of drug-likeness (QED) is 0.400. The lowest BCUT2D eigenvalue weighted by atomic mass is 10.1. The number of esters is 1. The molecule has 1 unspecified atom stereocenters. The fourth-order valence-electron chi connectivity index (χ4n) is 0.967. The van der Waals surface area contributed by atoms with Crippen molar-refractivity contribution >= 4 is 11.8 Å². The molecule has 0 heterocycles. The molecular formula is C9H5F11O4. The van der Waals surface area contributed by atoms with E-state index < -0.39 is 48.6 Å². The Morgan fingerprint density at radius 3 is 1.50 bits per heavy atom. The third-order valence-electron chi connectivity index (χ3n) is 2.11. The summed E-state index contributed by atoms with van der Waals surface area (Å²) in [6, 6.07) is 0. The molecule has 24 heavy (non-hydrogen) atoms. The molecule has 15 heteroatoms. The van der Waals surface area contributed by atoms with Gasteiger partial charge in [-0.05, 0) is 6.92 Å². The van der Waals surface area contributed by atoms with Crippen LogP contribution in [0.4, 0.5) is 48.3 Å². The topological polar surface area (TPSA) is 52.6 Å². The molecule has 0 aromatic carbocycles. The molecule has 0 spiro atoms. The van der Waals surface area contributed by atoms with E-state index >= 15 is 0 Å². The number of halogens is 11. The van der Waals surface area contributed by atoms with Gasteiger partial charge in [0.25, 0.3) is 0 Å². The van der Waals surface area contributed by atoms with Gasteiger partial charge in [-0.15, -0.1) is 0 Å². The highest BCUT2D eigenvalue weighted by molar-refractivity contribution is 6.36. The molecule has 0 N–H and O–H groups in total. The lowest BCUT2D eigenvalue weighted by Crippen LogP contribution is -2.62. The van der Waals surface area contributed by atoms with Crippen LogP contribution in [0.2, 0.25) is 0 Å². The van der Waals surface area contributed by atoms with Crippen LogP contribution in [0.25, 0.3) is 0 Å². The van der Waals surface area contributed by atoms with Gasteiger partial charge in [-0.2, -0.15) is 48.3 Å². The molecule has 142 valence electrons. The van der Waals surface area contributed by atoms with Gasteiger partial charge >= 0.3 is 42.0 Å². The molecule has 0 aliphatic rings. The van der Waals surface area contributed by atoms with Gasteiger partial charge < -0.3 is 4.74 Å². The molecule has 0 bridgehead atoms. The van der Waals surface area contributed by atoms with Crippen molar-refractivity contribution in [3.05, 3.63) is 0 Å². The number of Topliss-reactive ketones (excluding diaryl/α,β-unsaturated/α-hetero) is 1. The second-order valence-corrected chi connectivity index (χ2v) is 3.83. The molecule has 4 nitrogen and oxygen atoms in total. The van der Waals surface area contributed by atoms with Crippen LogP contribution in [0.3, 0.4) is 0 Å².